The highest BCUT2D eigenvalue weighted by atomic mass is 19.1. The van der Waals surface area contributed by atoms with Gasteiger partial charge in [-0.3, -0.25) is 9.59 Å². The predicted octanol–water partition coefficient (Wildman–Crippen LogP) is 3.04. The number of ether oxygens (including phenoxy) is 1. The molecule has 0 saturated carbocycles. The van der Waals surface area contributed by atoms with E-state index in [-0.39, 0.29) is 5.69 Å². The van der Waals surface area contributed by atoms with Crippen molar-refractivity contribution in [3.05, 3.63) is 59.9 Å². The second-order valence-corrected chi connectivity index (χ2v) is 4.42. The fraction of sp³-hybridized carbons (Fsp3) is 0.125. The van der Waals surface area contributed by atoms with Crippen LogP contribution in [0.2, 0.25) is 0 Å². The summed E-state index contributed by atoms with van der Waals surface area (Å²) in [5.74, 6) is -0.589. The Bertz CT molecular complexity index is 657. The summed E-state index contributed by atoms with van der Waals surface area (Å²) in [6.45, 7) is 1.55. The molecule has 0 spiro atoms. The number of carbonyl (C=O) groups is 2. The Hall–Kier alpha value is -2.69. The number of hydrogen-bond acceptors (Lipinski definition) is 3. The molecule has 0 heterocycles. The highest BCUT2D eigenvalue weighted by Crippen LogP contribution is 2.16. The molecule has 0 aliphatic carbocycles. The normalized spacial score (nSPS) is 11.5. The monoisotopic (exact) mass is 287 g/mol. The molecule has 0 aliphatic heterocycles. The van der Waals surface area contributed by atoms with Gasteiger partial charge >= 0.3 is 0 Å². The van der Waals surface area contributed by atoms with E-state index in [4.69, 9.17) is 4.74 Å². The molecule has 0 fully saturated rings. The Labute approximate surface area is 121 Å². The van der Waals surface area contributed by atoms with Crippen molar-refractivity contribution in [2.75, 3.05) is 5.32 Å². The molecule has 0 bridgehead atoms. The van der Waals surface area contributed by atoms with E-state index in [0.29, 0.717) is 17.6 Å². The zero-order valence-electron chi connectivity index (χ0n) is 11.4. The van der Waals surface area contributed by atoms with Gasteiger partial charge in [-0.1, -0.05) is 24.3 Å². The fourth-order valence-corrected chi connectivity index (χ4v) is 1.72. The van der Waals surface area contributed by atoms with Gasteiger partial charge in [-0.2, -0.15) is 0 Å². The Morgan fingerprint density at radius 3 is 2.71 bits per heavy atom. The molecule has 1 amide bonds. The lowest BCUT2D eigenvalue weighted by Gasteiger charge is -2.15. The summed E-state index contributed by atoms with van der Waals surface area (Å²) in [5, 5.41) is 2.45. The van der Waals surface area contributed by atoms with Crippen molar-refractivity contribution >= 4 is 17.9 Å². The summed E-state index contributed by atoms with van der Waals surface area (Å²) in [5.41, 5.74) is 0.550. The number of hydrogen-bond donors (Lipinski definition) is 1. The molecule has 2 rings (SSSR count). The maximum Gasteiger partial charge on any atom is 0.265 e. The van der Waals surface area contributed by atoms with Gasteiger partial charge in [0.2, 0.25) is 0 Å². The summed E-state index contributed by atoms with van der Waals surface area (Å²) < 4.78 is 18.9. The van der Waals surface area contributed by atoms with Crippen molar-refractivity contribution in [2.45, 2.75) is 13.0 Å². The summed E-state index contributed by atoms with van der Waals surface area (Å²) in [6.07, 6.45) is -0.136. The van der Waals surface area contributed by atoms with E-state index in [2.05, 4.69) is 5.32 Å². The second-order valence-electron chi connectivity index (χ2n) is 4.42. The van der Waals surface area contributed by atoms with Crippen molar-refractivity contribution in [3.8, 4) is 5.75 Å². The van der Waals surface area contributed by atoms with E-state index < -0.39 is 17.8 Å². The van der Waals surface area contributed by atoms with Crippen LogP contribution in [0.5, 0.6) is 5.75 Å². The molecule has 0 aliphatic rings. The van der Waals surface area contributed by atoms with Crippen LogP contribution in [0.25, 0.3) is 0 Å². The smallest absolute Gasteiger partial charge is 0.265 e. The zero-order valence-corrected chi connectivity index (χ0v) is 11.4. The third kappa shape index (κ3) is 3.89. The average Bonchev–Trinajstić information content (AvgIpc) is 2.49. The standard InChI is InChI=1S/C16H14FNO3/c1-11(21-13-6-4-5-12(9-13)10-19)16(20)18-15-8-3-2-7-14(15)17/h2-11H,1H3,(H,18,20)/t11-/m0/s1. The van der Waals surface area contributed by atoms with Crippen LogP contribution in [0.4, 0.5) is 10.1 Å². The van der Waals surface area contributed by atoms with E-state index >= 15 is 0 Å². The Kier molecular flexibility index (Phi) is 4.66. The average molecular weight is 287 g/mol. The van der Waals surface area contributed by atoms with E-state index in [9.17, 15) is 14.0 Å². The van der Waals surface area contributed by atoms with Crippen molar-refractivity contribution in [3.63, 3.8) is 0 Å². The third-order valence-electron chi connectivity index (χ3n) is 2.81. The van der Waals surface area contributed by atoms with Gasteiger partial charge in [-0.15, -0.1) is 0 Å². The van der Waals surface area contributed by atoms with Gasteiger partial charge in [0.1, 0.15) is 17.9 Å². The fourth-order valence-electron chi connectivity index (χ4n) is 1.72. The van der Waals surface area contributed by atoms with E-state index in [1.54, 1.807) is 31.2 Å². The van der Waals surface area contributed by atoms with E-state index in [1.165, 1.54) is 24.3 Å². The van der Waals surface area contributed by atoms with Crippen LogP contribution in [-0.4, -0.2) is 18.3 Å². The Morgan fingerprint density at radius 1 is 1.24 bits per heavy atom. The van der Waals surface area contributed by atoms with Gasteiger partial charge in [0.25, 0.3) is 5.91 Å². The molecular formula is C16H14FNO3. The summed E-state index contributed by atoms with van der Waals surface area (Å²) >= 11 is 0. The molecule has 0 unspecified atom stereocenters. The molecule has 0 aromatic heterocycles. The van der Waals surface area contributed by atoms with Crippen molar-refractivity contribution in [1.82, 2.24) is 0 Å². The maximum atomic E-state index is 13.4. The number of anilines is 1. The van der Waals surface area contributed by atoms with Crippen molar-refractivity contribution < 1.29 is 18.7 Å². The first-order valence-corrected chi connectivity index (χ1v) is 6.37. The van der Waals surface area contributed by atoms with Gasteiger partial charge in [0.05, 0.1) is 5.69 Å². The van der Waals surface area contributed by atoms with E-state index in [0.717, 1.165) is 0 Å². The van der Waals surface area contributed by atoms with Crippen LogP contribution in [0.15, 0.2) is 48.5 Å². The van der Waals surface area contributed by atoms with Gasteiger partial charge < -0.3 is 10.1 Å². The lowest BCUT2D eigenvalue weighted by molar-refractivity contribution is -0.122. The SMILES string of the molecule is C[C@H](Oc1cccc(C=O)c1)C(=O)Nc1ccccc1F. The number of halogens is 1. The van der Waals surface area contributed by atoms with Crippen molar-refractivity contribution in [2.24, 2.45) is 0 Å². The zero-order chi connectivity index (χ0) is 15.2. The number of nitrogens with one attached hydrogen (secondary N) is 1. The lowest BCUT2D eigenvalue weighted by atomic mass is 10.2. The van der Waals surface area contributed by atoms with Crippen LogP contribution >= 0.6 is 0 Å². The molecule has 5 heteroatoms. The van der Waals surface area contributed by atoms with Gasteiger partial charge in [-0.05, 0) is 31.2 Å². The van der Waals surface area contributed by atoms with Crippen LogP contribution in [-0.2, 0) is 4.79 Å². The molecule has 108 valence electrons. The van der Waals surface area contributed by atoms with Crippen LogP contribution < -0.4 is 10.1 Å². The number of amides is 1. The predicted molar refractivity (Wildman–Crippen MR) is 76.9 cm³/mol. The second kappa shape index (κ2) is 6.65. The van der Waals surface area contributed by atoms with Crippen LogP contribution in [0.3, 0.4) is 0 Å². The number of para-hydroxylation sites is 1. The molecule has 0 saturated heterocycles. The van der Waals surface area contributed by atoms with Crippen LogP contribution in [0, 0.1) is 5.82 Å². The molecule has 21 heavy (non-hydrogen) atoms. The number of carbonyl (C=O) groups excluding carboxylic acids is 2. The van der Waals surface area contributed by atoms with Crippen molar-refractivity contribution in [1.29, 1.82) is 0 Å². The highest BCUT2D eigenvalue weighted by Gasteiger charge is 2.16. The highest BCUT2D eigenvalue weighted by molar-refractivity contribution is 5.94. The molecule has 1 N–H and O–H groups in total. The molecule has 1 atom stereocenters. The Balaban J connectivity index is 2.02. The van der Waals surface area contributed by atoms with E-state index in [1.807, 2.05) is 0 Å². The minimum absolute atomic E-state index is 0.0968. The van der Waals surface area contributed by atoms with Gasteiger partial charge in [0.15, 0.2) is 6.10 Å². The summed E-state index contributed by atoms with van der Waals surface area (Å²) in [6, 6.07) is 12.3. The quantitative estimate of drug-likeness (QED) is 0.860. The maximum absolute atomic E-state index is 13.4. The van der Waals surface area contributed by atoms with Gasteiger partial charge in [0, 0.05) is 5.56 Å². The van der Waals surface area contributed by atoms with Gasteiger partial charge in [-0.25, -0.2) is 4.39 Å². The first-order chi connectivity index (χ1) is 10.1. The largest absolute Gasteiger partial charge is 0.481 e. The first kappa shape index (κ1) is 14.7. The minimum atomic E-state index is -0.827. The Morgan fingerprint density at radius 2 is 2.00 bits per heavy atom. The minimum Gasteiger partial charge on any atom is -0.481 e. The molecular weight excluding hydrogens is 273 g/mol. The number of aldehydes is 1. The number of rotatable bonds is 5. The first-order valence-electron chi connectivity index (χ1n) is 6.37. The summed E-state index contributed by atoms with van der Waals surface area (Å²) in [7, 11) is 0. The molecule has 4 nitrogen and oxygen atoms in total. The topological polar surface area (TPSA) is 55.4 Å². The number of benzene rings is 2. The lowest BCUT2D eigenvalue weighted by Crippen LogP contribution is -2.30. The molecule has 2 aromatic carbocycles. The van der Waals surface area contributed by atoms with Crippen LogP contribution in [0.1, 0.15) is 17.3 Å². The summed E-state index contributed by atoms with van der Waals surface area (Å²) in [4.78, 5) is 22.6. The third-order valence-corrected chi connectivity index (χ3v) is 2.81. The molecule has 2 aromatic rings. The molecule has 0 radical (unpaired) electrons.